The first-order valence-corrected chi connectivity index (χ1v) is 15.0. The van der Waals surface area contributed by atoms with Crippen molar-refractivity contribution in [3.8, 4) is 11.1 Å². The van der Waals surface area contributed by atoms with E-state index in [1.165, 1.54) is 58.5 Å². The van der Waals surface area contributed by atoms with Gasteiger partial charge in [-0.25, -0.2) is 0 Å². The molecule has 0 radical (unpaired) electrons. The Kier molecular flexibility index (Phi) is 5.57. The largest absolute Gasteiger partial charge is 0.489 e. The van der Waals surface area contributed by atoms with E-state index in [1.807, 2.05) is 0 Å². The van der Waals surface area contributed by atoms with Crippen LogP contribution in [0.5, 0.6) is 0 Å². The van der Waals surface area contributed by atoms with Gasteiger partial charge in [0.25, 0.3) is 0 Å². The quantitative estimate of drug-likeness (QED) is 0.382. The molecule has 0 saturated carbocycles. The third-order valence-electron chi connectivity index (χ3n) is 9.96. The van der Waals surface area contributed by atoms with Gasteiger partial charge in [-0.15, -0.1) is 0 Å². The zero-order valence-corrected chi connectivity index (χ0v) is 22.7. The minimum Gasteiger partial charge on any atom is -0.489 e. The Bertz CT molecular complexity index is 1470. The molecular formula is C37H37NO. The maximum absolute atomic E-state index is 6.80. The average Bonchev–Trinajstić information content (AvgIpc) is 3.53. The fourth-order valence-electron chi connectivity index (χ4n) is 8.19. The number of fused-ring (bicyclic) bond motifs is 6. The van der Waals surface area contributed by atoms with Crippen molar-refractivity contribution in [3.05, 3.63) is 120 Å². The van der Waals surface area contributed by atoms with Crippen LogP contribution in [0.3, 0.4) is 0 Å². The predicted octanol–water partition coefficient (Wildman–Crippen LogP) is 8.66. The molecule has 0 amide bonds. The molecular weight excluding hydrogens is 474 g/mol. The molecule has 2 aromatic carbocycles. The van der Waals surface area contributed by atoms with Gasteiger partial charge in [-0.3, -0.25) is 0 Å². The van der Waals surface area contributed by atoms with Crippen molar-refractivity contribution < 1.29 is 4.74 Å². The molecule has 8 rings (SSSR count). The Balaban J connectivity index is 1.25. The van der Waals surface area contributed by atoms with Crippen molar-refractivity contribution >= 4 is 11.3 Å². The van der Waals surface area contributed by atoms with Gasteiger partial charge in [0.15, 0.2) is 0 Å². The Morgan fingerprint density at radius 2 is 1.69 bits per heavy atom. The summed E-state index contributed by atoms with van der Waals surface area (Å²) in [6.45, 7) is 2.32. The molecule has 1 fully saturated rings. The zero-order chi connectivity index (χ0) is 25.9. The summed E-state index contributed by atoms with van der Waals surface area (Å²) >= 11 is 0. The van der Waals surface area contributed by atoms with Crippen molar-refractivity contribution in [2.24, 2.45) is 23.7 Å². The third kappa shape index (κ3) is 3.83. The van der Waals surface area contributed by atoms with E-state index >= 15 is 0 Å². The molecule has 2 nitrogen and oxygen atoms in total. The highest BCUT2D eigenvalue weighted by Crippen LogP contribution is 2.54. The summed E-state index contributed by atoms with van der Waals surface area (Å²) in [4.78, 5) is 2.78. The zero-order valence-electron chi connectivity index (χ0n) is 22.7. The monoisotopic (exact) mass is 511 g/mol. The van der Waals surface area contributed by atoms with Crippen LogP contribution in [-0.4, -0.2) is 18.2 Å². The molecule has 0 spiro atoms. The van der Waals surface area contributed by atoms with E-state index in [4.69, 9.17) is 4.74 Å². The minimum atomic E-state index is 0.230. The van der Waals surface area contributed by atoms with Gasteiger partial charge in [-0.2, -0.15) is 0 Å². The Morgan fingerprint density at radius 1 is 0.846 bits per heavy atom. The van der Waals surface area contributed by atoms with Crippen molar-refractivity contribution in [2.75, 3.05) is 4.90 Å². The molecule has 6 unspecified atom stereocenters. The van der Waals surface area contributed by atoms with E-state index in [2.05, 4.69) is 115 Å². The van der Waals surface area contributed by atoms with Crippen LogP contribution in [0.25, 0.3) is 16.7 Å². The van der Waals surface area contributed by atoms with Crippen molar-refractivity contribution in [3.63, 3.8) is 0 Å². The maximum atomic E-state index is 6.80. The first-order chi connectivity index (χ1) is 19.2. The average molecular weight is 512 g/mol. The molecule has 196 valence electrons. The summed E-state index contributed by atoms with van der Waals surface area (Å²) in [6, 6.07) is 19.1. The van der Waals surface area contributed by atoms with Crippen LogP contribution in [0.4, 0.5) is 5.69 Å². The smallest absolute Gasteiger partial charge is 0.123 e. The Hall–Kier alpha value is -3.52. The number of hydrogen-bond donors (Lipinski definition) is 0. The standard InChI is InChI=1S/C37H37NO/c1-24-10-9-13-26(20-24)28-21-27(25-11-3-2-4-12-25)22-29(23-28)38-33-16-7-5-15-32(33)36-34(38)19-18-31-30-14-6-8-17-35(30)39-37(31)36/h2-5,8-13,15,17-19,21-24,30,32-36H,6-7,14,16,20H2,1H3/t24-,30?,32?,33?,34?,35?,36?/m0/s1. The molecule has 4 aliphatic carbocycles. The van der Waals surface area contributed by atoms with Crippen LogP contribution < -0.4 is 4.90 Å². The SMILES string of the molecule is C[C@H]1C=CC=C(c2cc(-c3ccccc3)cc(N3C4C=CC5=C(OC6C=CCCC56)C4C4C=CCCC43)c2)C1. The fraction of sp³-hybridized carbons (Fsp3) is 0.351. The van der Waals surface area contributed by atoms with Crippen LogP contribution in [-0.2, 0) is 4.74 Å². The number of anilines is 1. The maximum Gasteiger partial charge on any atom is 0.123 e. The highest BCUT2D eigenvalue weighted by molar-refractivity contribution is 5.79. The lowest BCUT2D eigenvalue weighted by Gasteiger charge is -2.35. The van der Waals surface area contributed by atoms with Crippen molar-refractivity contribution in [1.82, 2.24) is 0 Å². The van der Waals surface area contributed by atoms with Crippen LogP contribution in [0.15, 0.2) is 115 Å². The van der Waals surface area contributed by atoms with E-state index in [9.17, 15) is 0 Å². The summed E-state index contributed by atoms with van der Waals surface area (Å²) in [6.07, 6.45) is 27.5. The number of benzene rings is 2. The summed E-state index contributed by atoms with van der Waals surface area (Å²) < 4.78 is 6.80. The van der Waals surface area contributed by atoms with E-state index in [1.54, 1.807) is 0 Å². The Morgan fingerprint density at radius 3 is 2.59 bits per heavy atom. The first-order valence-electron chi connectivity index (χ1n) is 15.0. The molecule has 7 atom stereocenters. The lowest BCUT2D eigenvalue weighted by atomic mass is 9.76. The number of ether oxygens (including phenoxy) is 1. The predicted molar refractivity (Wildman–Crippen MR) is 161 cm³/mol. The first kappa shape index (κ1) is 23.4. The lowest BCUT2D eigenvalue weighted by molar-refractivity contribution is 0.117. The van der Waals surface area contributed by atoms with E-state index < -0.39 is 0 Å². The van der Waals surface area contributed by atoms with Gasteiger partial charge in [0, 0.05) is 29.5 Å². The van der Waals surface area contributed by atoms with Crippen molar-refractivity contribution in [2.45, 2.75) is 57.2 Å². The van der Waals surface area contributed by atoms with Crippen LogP contribution in [0.2, 0.25) is 0 Å². The summed E-state index contributed by atoms with van der Waals surface area (Å²) in [5.41, 5.74) is 8.25. The molecule has 2 aliphatic heterocycles. The molecule has 1 saturated heterocycles. The molecule has 2 heterocycles. The second kappa shape index (κ2) is 9.30. The van der Waals surface area contributed by atoms with Gasteiger partial charge in [0.2, 0.25) is 0 Å². The second-order valence-electron chi connectivity index (χ2n) is 12.3. The van der Waals surface area contributed by atoms with Gasteiger partial charge in [0.1, 0.15) is 11.9 Å². The fourth-order valence-corrected chi connectivity index (χ4v) is 8.19. The summed E-state index contributed by atoms with van der Waals surface area (Å²) in [5, 5.41) is 0. The van der Waals surface area contributed by atoms with Gasteiger partial charge >= 0.3 is 0 Å². The van der Waals surface area contributed by atoms with Crippen LogP contribution >= 0.6 is 0 Å². The van der Waals surface area contributed by atoms with Gasteiger partial charge in [-0.1, -0.05) is 85.9 Å². The summed E-state index contributed by atoms with van der Waals surface area (Å²) in [7, 11) is 0. The van der Waals surface area contributed by atoms with E-state index in [0.29, 0.717) is 35.8 Å². The number of nitrogens with zero attached hydrogens (tertiary/aromatic N) is 1. The lowest BCUT2D eigenvalue weighted by Crippen LogP contribution is -2.38. The molecule has 0 bridgehead atoms. The molecule has 6 aliphatic rings. The van der Waals surface area contributed by atoms with Crippen molar-refractivity contribution in [1.29, 1.82) is 0 Å². The molecule has 2 aromatic rings. The third-order valence-corrected chi connectivity index (χ3v) is 9.96. The molecule has 39 heavy (non-hydrogen) atoms. The van der Waals surface area contributed by atoms with Gasteiger partial charge in [0.05, 0.1) is 6.04 Å². The van der Waals surface area contributed by atoms with Gasteiger partial charge < -0.3 is 9.64 Å². The number of hydrogen-bond acceptors (Lipinski definition) is 2. The minimum absolute atomic E-state index is 0.230. The molecule has 0 N–H and O–H groups in total. The van der Waals surface area contributed by atoms with Crippen LogP contribution in [0.1, 0.15) is 44.6 Å². The van der Waals surface area contributed by atoms with E-state index in [-0.39, 0.29) is 6.10 Å². The number of rotatable bonds is 3. The Labute approximate surface area is 232 Å². The normalized spacial score (nSPS) is 33.8. The van der Waals surface area contributed by atoms with Crippen LogP contribution in [0, 0.1) is 23.7 Å². The topological polar surface area (TPSA) is 12.5 Å². The number of allylic oxidation sites excluding steroid dienone is 7. The highest BCUT2D eigenvalue weighted by atomic mass is 16.5. The summed E-state index contributed by atoms with van der Waals surface area (Å²) in [5.74, 6) is 3.28. The van der Waals surface area contributed by atoms with Gasteiger partial charge in [-0.05, 0) is 90.1 Å². The highest BCUT2D eigenvalue weighted by Gasteiger charge is 2.54. The molecule has 2 heteroatoms. The van der Waals surface area contributed by atoms with E-state index in [0.717, 1.165) is 12.8 Å². The second-order valence-corrected chi connectivity index (χ2v) is 12.3. The molecule has 0 aromatic heterocycles.